The molecular formula is C19H18N2O3. The Bertz CT molecular complexity index is 875. The molecule has 5 nitrogen and oxygen atoms in total. The van der Waals surface area contributed by atoms with Crippen LogP contribution in [0.3, 0.4) is 0 Å². The maximum absolute atomic E-state index is 11.7. The van der Waals surface area contributed by atoms with E-state index in [2.05, 4.69) is 16.7 Å². The van der Waals surface area contributed by atoms with Crippen molar-refractivity contribution in [1.82, 2.24) is 9.47 Å². The molecule has 1 saturated heterocycles. The second kappa shape index (κ2) is 5.76. The van der Waals surface area contributed by atoms with Gasteiger partial charge in [-0.15, -0.1) is 0 Å². The van der Waals surface area contributed by atoms with Gasteiger partial charge < -0.3 is 9.67 Å². The normalized spacial score (nSPS) is 16.5. The van der Waals surface area contributed by atoms with Crippen LogP contribution in [0.4, 0.5) is 0 Å². The highest BCUT2D eigenvalue weighted by Gasteiger charge is 2.30. The zero-order valence-corrected chi connectivity index (χ0v) is 13.2. The lowest BCUT2D eigenvalue weighted by Crippen LogP contribution is -2.38. The Labute approximate surface area is 139 Å². The summed E-state index contributed by atoms with van der Waals surface area (Å²) in [6, 6.07) is 16.1. The minimum absolute atomic E-state index is 0.0541. The van der Waals surface area contributed by atoms with Gasteiger partial charge in [-0.25, -0.2) is 0 Å². The van der Waals surface area contributed by atoms with Crippen molar-refractivity contribution in [2.75, 3.05) is 6.54 Å². The fourth-order valence-corrected chi connectivity index (χ4v) is 3.51. The summed E-state index contributed by atoms with van der Waals surface area (Å²) < 4.78 is 2.06. The maximum atomic E-state index is 11.7. The number of likely N-dealkylation sites (tertiary alicyclic amines) is 1. The highest BCUT2D eigenvalue weighted by Crippen LogP contribution is 2.29. The van der Waals surface area contributed by atoms with Gasteiger partial charge in [-0.1, -0.05) is 36.4 Å². The SMILES string of the molecule is O=C1CCC(=O)N1C[C@@H](O)Cn1c2ccccc2c2ccccc21. The minimum Gasteiger partial charge on any atom is -0.389 e. The molecule has 0 unspecified atom stereocenters. The number of fused-ring (bicyclic) bond motifs is 3. The number of rotatable bonds is 4. The molecule has 1 aromatic heterocycles. The second-order valence-corrected chi connectivity index (χ2v) is 6.20. The fraction of sp³-hybridized carbons (Fsp3) is 0.263. The molecule has 24 heavy (non-hydrogen) atoms. The number of aromatic nitrogens is 1. The van der Waals surface area contributed by atoms with Crippen LogP contribution in [0.5, 0.6) is 0 Å². The number of β-amino-alcohol motifs (C(OH)–C–C–N with tert-alkyl or cyclic N) is 1. The zero-order chi connectivity index (χ0) is 16.7. The molecule has 0 radical (unpaired) electrons. The van der Waals surface area contributed by atoms with Crippen molar-refractivity contribution in [2.45, 2.75) is 25.5 Å². The summed E-state index contributed by atoms with van der Waals surface area (Å²) >= 11 is 0. The largest absolute Gasteiger partial charge is 0.389 e. The molecule has 5 heteroatoms. The first-order valence-corrected chi connectivity index (χ1v) is 8.12. The van der Waals surface area contributed by atoms with Gasteiger partial charge in [0, 0.05) is 34.6 Å². The first kappa shape index (κ1) is 14.9. The van der Waals surface area contributed by atoms with Crippen LogP contribution >= 0.6 is 0 Å². The molecule has 0 bridgehead atoms. The third-order valence-corrected chi connectivity index (χ3v) is 4.62. The molecule has 0 saturated carbocycles. The molecule has 2 aromatic carbocycles. The lowest BCUT2D eigenvalue weighted by molar-refractivity contribution is -0.140. The number of aliphatic hydroxyl groups excluding tert-OH is 1. The molecule has 1 aliphatic rings. The molecule has 122 valence electrons. The number of carbonyl (C=O) groups excluding carboxylic acids is 2. The number of amides is 2. The van der Waals surface area contributed by atoms with Gasteiger partial charge in [0.2, 0.25) is 11.8 Å². The lowest BCUT2D eigenvalue weighted by Gasteiger charge is -2.19. The number of para-hydroxylation sites is 2. The molecule has 4 rings (SSSR count). The Hall–Kier alpha value is -2.66. The van der Waals surface area contributed by atoms with Crippen LogP contribution in [0.15, 0.2) is 48.5 Å². The van der Waals surface area contributed by atoms with Gasteiger partial charge in [0.1, 0.15) is 0 Å². The third kappa shape index (κ3) is 2.37. The van der Waals surface area contributed by atoms with Crippen LogP contribution in [-0.4, -0.2) is 39.0 Å². The molecule has 1 fully saturated rings. The summed E-state index contributed by atoms with van der Waals surface area (Å²) in [6.45, 7) is 0.392. The van der Waals surface area contributed by atoms with Crippen LogP contribution < -0.4 is 0 Å². The first-order chi connectivity index (χ1) is 11.6. The lowest BCUT2D eigenvalue weighted by atomic mass is 10.2. The van der Waals surface area contributed by atoms with E-state index >= 15 is 0 Å². The summed E-state index contributed by atoms with van der Waals surface area (Å²) in [7, 11) is 0. The topological polar surface area (TPSA) is 62.5 Å². The van der Waals surface area contributed by atoms with E-state index in [4.69, 9.17) is 0 Å². The molecule has 0 spiro atoms. The van der Waals surface area contributed by atoms with E-state index in [0.717, 1.165) is 21.8 Å². The number of carbonyl (C=O) groups is 2. The first-order valence-electron chi connectivity index (χ1n) is 8.12. The Morgan fingerprint density at radius 1 is 0.833 bits per heavy atom. The van der Waals surface area contributed by atoms with Crippen LogP contribution in [0, 0.1) is 0 Å². The van der Waals surface area contributed by atoms with Gasteiger partial charge in [-0.3, -0.25) is 14.5 Å². The number of nitrogens with zero attached hydrogens (tertiary/aromatic N) is 2. The van der Waals surface area contributed by atoms with Gasteiger partial charge in [0.15, 0.2) is 0 Å². The summed E-state index contributed by atoms with van der Waals surface area (Å²) in [5.41, 5.74) is 2.08. The van der Waals surface area contributed by atoms with Crippen LogP contribution in [-0.2, 0) is 16.1 Å². The summed E-state index contributed by atoms with van der Waals surface area (Å²) in [5, 5.41) is 12.7. The quantitative estimate of drug-likeness (QED) is 0.750. The van der Waals surface area contributed by atoms with Crippen LogP contribution in [0.2, 0.25) is 0 Å². The molecular weight excluding hydrogens is 304 g/mol. The van der Waals surface area contributed by atoms with Crippen molar-refractivity contribution in [3.63, 3.8) is 0 Å². The van der Waals surface area contributed by atoms with Gasteiger partial charge in [-0.05, 0) is 12.1 Å². The molecule has 3 aromatic rings. The number of hydrogen-bond acceptors (Lipinski definition) is 3. The number of benzene rings is 2. The smallest absolute Gasteiger partial charge is 0.229 e. The Morgan fingerprint density at radius 2 is 1.33 bits per heavy atom. The Morgan fingerprint density at radius 3 is 1.88 bits per heavy atom. The molecule has 0 aliphatic carbocycles. The van der Waals surface area contributed by atoms with Crippen molar-refractivity contribution in [1.29, 1.82) is 0 Å². The van der Waals surface area contributed by atoms with Crippen molar-refractivity contribution in [3.8, 4) is 0 Å². The predicted molar refractivity (Wildman–Crippen MR) is 91.4 cm³/mol. The van der Waals surface area contributed by atoms with E-state index in [0.29, 0.717) is 6.54 Å². The van der Waals surface area contributed by atoms with Crippen molar-refractivity contribution in [3.05, 3.63) is 48.5 Å². The zero-order valence-electron chi connectivity index (χ0n) is 13.2. The second-order valence-electron chi connectivity index (χ2n) is 6.20. The van der Waals surface area contributed by atoms with E-state index in [1.807, 2.05) is 36.4 Å². The molecule has 1 aliphatic heterocycles. The summed E-state index contributed by atoms with van der Waals surface area (Å²) in [4.78, 5) is 24.6. The monoisotopic (exact) mass is 322 g/mol. The van der Waals surface area contributed by atoms with Gasteiger partial charge in [0.05, 0.1) is 19.2 Å². The van der Waals surface area contributed by atoms with Crippen molar-refractivity contribution >= 4 is 33.6 Å². The standard InChI is InChI=1S/C19H18N2O3/c22-13(12-21-18(23)9-10-19(21)24)11-20-16-7-3-1-5-14(16)15-6-2-4-8-17(15)20/h1-8,13,22H,9-12H2/t13-/m0/s1. The molecule has 1 N–H and O–H groups in total. The van der Waals surface area contributed by atoms with Crippen LogP contribution in [0.1, 0.15) is 12.8 Å². The van der Waals surface area contributed by atoms with E-state index in [1.54, 1.807) is 0 Å². The van der Waals surface area contributed by atoms with E-state index < -0.39 is 6.10 Å². The van der Waals surface area contributed by atoms with E-state index in [-0.39, 0.29) is 31.2 Å². The predicted octanol–water partition coefficient (Wildman–Crippen LogP) is 2.30. The molecule has 1 atom stereocenters. The Balaban J connectivity index is 1.68. The minimum atomic E-state index is -0.796. The van der Waals surface area contributed by atoms with Gasteiger partial charge >= 0.3 is 0 Å². The van der Waals surface area contributed by atoms with Crippen molar-refractivity contribution < 1.29 is 14.7 Å². The summed E-state index contributed by atoms with van der Waals surface area (Å²) in [5.74, 6) is -0.387. The third-order valence-electron chi connectivity index (χ3n) is 4.62. The van der Waals surface area contributed by atoms with Crippen LogP contribution in [0.25, 0.3) is 21.8 Å². The molecule has 2 heterocycles. The van der Waals surface area contributed by atoms with Crippen molar-refractivity contribution in [2.24, 2.45) is 0 Å². The number of aliphatic hydroxyl groups is 1. The van der Waals surface area contributed by atoms with Gasteiger partial charge in [-0.2, -0.15) is 0 Å². The number of hydrogen-bond donors (Lipinski definition) is 1. The fourth-order valence-electron chi connectivity index (χ4n) is 3.51. The highest BCUT2D eigenvalue weighted by atomic mass is 16.3. The number of imide groups is 1. The summed E-state index contributed by atoms with van der Waals surface area (Å²) in [6.07, 6.45) is -0.294. The Kier molecular flexibility index (Phi) is 3.58. The van der Waals surface area contributed by atoms with Gasteiger partial charge in [0.25, 0.3) is 0 Å². The average molecular weight is 322 g/mol. The van der Waals surface area contributed by atoms with E-state index in [9.17, 15) is 14.7 Å². The molecule has 2 amide bonds. The maximum Gasteiger partial charge on any atom is 0.229 e. The average Bonchev–Trinajstić information content (AvgIpc) is 3.08. The highest BCUT2D eigenvalue weighted by molar-refractivity contribution is 6.08. The van der Waals surface area contributed by atoms with E-state index in [1.165, 1.54) is 4.90 Å².